The largest absolute Gasteiger partial charge is 0.398 e. The zero-order valence-electron chi connectivity index (χ0n) is 10.7. The van der Waals surface area contributed by atoms with E-state index >= 15 is 0 Å². The van der Waals surface area contributed by atoms with Crippen LogP contribution in [-0.4, -0.2) is 13.4 Å². The van der Waals surface area contributed by atoms with Crippen LogP contribution in [0.5, 0.6) is 0 Å². The minimum atomic E-state index is -3.72. The predicted octanol–water partition coefficient (Wildman–Crippen LogP) is 2.08. The molecule has 0 atom stereocenters. The monoisotopic (exact) mass is 277 g/mol. The van der Waals surface area contributed by atoms with Crippen LogP contribution in [0.4, 0.5) is 11.4 Å². The van der Waals surface area contributed by atoms with Gasteiger partial charge in [0.15, 0.2) is 0 Å². The first kappa shape index (κ1) is 13.4. The summed E-state index contributed by atoms with van der Waals surface area (Å²) in [5.74, 6) is 0. The maximum Gasteiger partial charge on any atom is 0.265 e. The standard InChI is InChI=1S/C13H15N3O2S/c1-9-4-3-5-12(10(9)2)16-19(17,18)13-8-15-7-6-11(13)14/h3-8,16H,1-2H3,(H2,14,15). The number of nitrogens with one attached hydrogen (secondary N) is 1. The number of nitrogens with zero attached hydrogens (tertiary/aromatic N) is 1. The highest BCUT2D eigenvalue weighted by molar-refractivity contribution is 7.92. The molecule has 19 heavy (non-hydrogen) atoms. The molecule has 2 rings (SSSR count). The van der Waals surface area contributed by atoms with Gasteiger partial charge in [-0.05, 0) is 37.1 Å². The van der Waals surface area contributed by atoms with Crippen molar-refractivity contribution in [3.05, 3.63) is 47.8 Å². The molecular formula is C13H15N3O2S. The first-order valence-corrected chi connectivity index (χ1v) is 7.18. The van der Waals surface area contributed by atoms with Crippen LogP contribution in [0.15, 0.2) is 41.6 Å². The number of nitrogen functional groups attached to an aromatic ring is 1. The molecule has 100 valence electrons. The van der Waals surface area contributed by atoms with Crippen LogP contribution in [0.25, 0.3) is 0 Å². The molecule has 0 aliphatic heterocycles. The van der Waals surface area contributed by atoms with Crippen LogP contribution in [0.1, 0.15) is 11.1 Å². The van der Waals surface area contributed by atoms with Crippen molar-refractivity contribution in [2.75, 3.05) is 10.5 Å². The highest BCUT2D eigenvalue weighted by Crippen LogP contribution is 2.23. The molecule has 5 nitrogen and oxygen atoms in total. The first-order chi connectivity index (χ1) is 8.92. The molecule has 0 bridgehead atoms. The Labute approximate surface area is 112 Å². The Morgan fingerprint density at radius 2 is 1.95 bits per heavy atom. The molecule has 0 amide bonds. The fraction of sp³-hybridized carbons (Fsp3) is 0.154. The van der Waals surface area contributed by atoms with Gasteiger partial charge in [0.05, 0.1) is 11.4 Å². The summed E-state index contributed by atoms with van der Waals surface area (Å²) in [7, 11) is -3.72. The van der Waals surface area contributed by atoms with E-state index in [9.17, 15) is 8.42 Å². The zero-order valence-corrected chi connectivity index (χ0v) is 11.5. The number of hydrogen-bond acceptors (Lipinski definition) is 4. The Bertz CT molecular complexity index is 712. The molecule has 0 spiro atoms. The molecule has 0 aliphatic rings. The molecular weight excluding hydrogens is 262 g/mol. The maximum atomic E-state index is 12.3. The lowest BCUT2D eigenvalue weighted by molar-refractivity contribution is 0.601. The number of rotatable bonds is 3. The molecule has 0 fully saturated rings. The first-order valence-electron chi connectivity index (χ1n) is 5.70. The summed E-state index contributed by atoms with van der Waals surface area (Å²) in [5, 5.41) is 0. The van der Waals surface area contributed by atoms with Crippen LogP contribution in [0.3, 0.4) is 0 Å². The fourth-order valence-corrected chi connectivity index (χ4v) is 2.88. The summed E-state index contributed by atoms with van der Waals surface area (Å²) < 4.78 is 27.0. The third kappa shape index (κ3) is 2.68. The molecule has 1 aromatic heterocycles. The Balaban J connectivity index is 2.43. The second-order valence-corrected chi connectivity index (χ2v) is 5.92. The van der Waals surface area contributed by atoms with Crippen LogP contribution in [0, 0.1) is 13.8 Å². The smallest absolute Gasteiger partial charge is 0.265 e. The van der Waals surface area contributed by atoms with Crippen LogP contribution >= 0.6 is 0 Å². The summed E-state index contributed by atoms with van der Waals surface area (Å²) in [6.45, 7) is 3.78. The molecule has 0 radical (unpaired) electrons. The van der Waals surface area contributed by atoms with Gasteiger partial charge in [0.2, 0.25) is 0 Å². The van der Waals surface area contributed by atoms with E-state index in [1.807, 2.05) is 19.9 Å². The molecule has 0 unspecified atom stereocenters. The van der Waals surface area contributed by atoms with Gasteiger partial charge in [-0.2, -0.15) is 0 Å². The van der Waals surface area contributed by atoms with Gasteiger partial charge < -0.3 is 5.73 Å². The van der Waals surface area contributed by atoms with Gasteiger partial charge in [-0.1, -0.05) is 12.1 Å². The van der Waals surface area contributed by atoms with E-state index in [1.54, 1.807) is 12.1 Å². The highest BCUT2D eigenvalue weighted by Gasteiger charge is 2.18. The maximum absolute atomic E-state index is 12.3. The molecule has 0 saturated carbocycles. The van der Waals surface area contributed by atoms with E-state index in [0.717, 1.165) is 11.1 Å². The zero-order chi connectivity index (χ0) is 14.0. The Morgan fingerprint density at radius 3 is 2.63 bits per heavy atom. The summed E-state index contributed by atoms with van der Waals surface area (Å²) in [6.07, 6.45) is 2.69. The Morgan fingerprint density at radius 1 is 1.21 bits per heavy atom. The summed E-state index contributed by atoms with van der Waals surface area (Å²) in [5.41, 5.74) is 8.28. The predicted molar refractivity (Wildman–Crippen MR) is 75.4 cm³/mol. The molecule has 1 aromatic carbocycles. The third-order valence-electron chi connectivity index (χ3n) is 2.95. The average molecular weight is 277 g/mol. The van der Waals surface area contributed by atoms with E-state index in [2.05, 4.69) is 9.71 Å². The second-order valence-electron chi connectivity index (χ2n) is 4.27. The summed E-state index contributed by atoms with van der Waals surface area (Å²) >= 11 is 0. The van der Waals surface area contributed by atoms with Crippen LogP contribution in [-0.2, 0) is 10.0 Å². The molecule has 6 heteroatoms. The van der Waals surface area contributed by atoms with E-state index in [4.69, 9.17) is 5.73 Å². The molecule has 3 N–H and O–H groups in total. The second kappa shape index (κ2) is 4.89. The molecule has 0 aliphatic carbocycles. The van der Waals surface area contributed by atoms with Crippen molar-refractivity contribution in [2.24, 2.45) is 0 Å². The number of aromatic nitrogens is 1. The van der Waals surface area contributed by atoms with Crippen molar-refractivity contribution in [1.82, 2.24) is 4.98 Å². The van der Waals surface area contributed by atoms with Crippen molar-refractivity contribution in [3.8, 4) is 0 Å². The lowest BCUT2D eigenvalue weighted by atomic mass is 10.1. The van der Waals surface area contributed by atoms with Gasteiger partial charge in [-0.15, -0.1) is 0 Å². The van der Waals surface area contributed by atoms with E-state index in [1.165, 1.54) is 18.5 Å². The number of nitrogens with two attached hydrogens (primary N) is 1. The normalized spacial score (nSPS) is 11.3. The minimum Gasteiger partial charge on any atom is -0.398 e. The molecule has 0 saturated heterocycles. The van der Waals surface area contributed by atoms with Crippen LogP contribution in [0.2, 0.25) is 0 Å². The van der Waals surface area contributed by atoms with Crippen molar-refractivity contribution >= 4 is 21.4 Å². The summed E-state index contributed by atoms with van der Waals surface area (Å²) in [4.78, 5) is 3.78. The van der Waals surface area contributed by atoms with Gasteiger partial charge in [-0.3, -0.25) is 9.71 Å². The van der Waals surface area contributed by atoms with Crippen molar-refractivity contribution < 1.29 is 8.42 Å². The third-order valence-corrected chi connectivity index (χ3v) is 4.36. The topological polar surface area (TPSA) is 85.1 Å². The number of aryl methyl sites for hydroxylation is 1. The Hall–Kier alpha value is -2.08. The van der Waals surface area contributed by atoms with Crippen LogP contribution < -0.4 is 10.5 Å². The molecule has 2 aromatic rings. The van der Waals surface area contributed by atoms with Gasteiger partial charge in [-0.25, -0.2) is 8.42 Å². The average Bonchev–Trinajstić information content (AvgIpc) is 2.35. The lowest BCUT2D eigenvalue weighted by Gasteiger charge is -2.12. The van der Waals surface area contributed by atoms with Gasteiger partial charge in [0.1, 0.15) is 4.90 Å². The number of benzene rings is 1. The van der Waals surface area contributed by atoms with E-state index < -0.39 is 10.0 Å². The van der Waals surface area contributed by atoms with Crippen molar-refractivity contribution in [1.29, 1.82) is 0 Å². The fourth-order valence-electron chi connectivity index (χ4n) is 1.68. The van der Waals surface area contributed by atoms with E-state index in [-0.39, 0.29) is 10.6 Å². The van der Waals surface area contributed by atoms with Gasteiger partial charge in [0, 0.05) is 12.4 Å². The molecule has 1 heterocycles. The number of hydrogen-bond donors (Lipinski definition) is 2. The van der Waals surface area contributed by atoms with Gasteiger partial charge in [0.25, 0.3) is 10.0 Å². The summed E-state index contributed by atoms with van der Waals surface area (Å²) in [6, 6.07) is 6.89. The highest BCUT2D eigenvalue weighted by atomic mass is 32.2. The van der Waals surface area contributed by atoms with Crippen molar-refractivity contribution in [3.63, 3.8) is 0 Å². The van der Waals surface area contributed by atoms with Crippen molar-refractivity contribution in [2.45, 2.75) is 18.7 Å². The van der Waals surface area contributed by atoms with Gasteiger partial charge >= 0.3 is 0 Å². The number of pyridine rings is 1. The number of anilines is 2. The SMILES string of the molecule is Cc1cccc(NS(=O)(=O)c2cnccc2N)c1C. The number of sulfonamides is 1. The Kier molecular flexibility index (Phi) is 3.44. The van der Waals surface area contributed by atoms with E-state index in [0.29, 0.717) is 5.69 Å². The lowest BCUT2D eigenvalue weighted by Crippen LogP contribution is -2.16. The minimum absolute atomic E-state index is 0.0177. The quantitative estimate of drug-likeness (QED) is 0.899.